The molecule has 2 aliphatic heterocycles. The molecule has 2 aromatic heterocycles. The maximum atomic E-state index is 6.42. The number of aromatic nitrogens is 6. The van der Waals surface area contributed by atoms with E-state index in [1.54, 1.807) is 0 Å². The molecule has 0 radical (unpaired) electrons. The van der Waals surface area contributed by atoms with Crippen molar-refractivity contribution in [2.75, 3.05) is 0 Å². The standard InChI is InChI=1S/C30H36N6O2/c1-3-7-23(8-4-1)11-13-25-19-35(33-31-25)21-27-15-17-29(37-27)30-18-16-28(38-30)22-36-20-26(32-34-36)14-12-24-9-5-2-6-10-24/h1-10,19-20,27-30H,11-18,21-22H2/t27-,28-,29+,30+/m1/s1. The van der Waals surface area contributed by atoms with Crippen LogP contribution < -0.4 is 0 Å². The van der Waals surface area contributed by atoms with Gasteiger partial charge in [-0.1, -0.05) is 71.1 Å². The first-order valence-electron chi connectivity index (χ1n) is 13.9. The van der Waals surface area contributed by atoms with Gasteiger partial charge in [-0.2, -0.15) is 0 Å². The predicted octanol–water partition coefficient (Wildman–Crippen LogP) is 4.24. The Labute approximate surface area is 224 Å². The highest BCUT2D eigenvalue weighted by Crippen LogP contribution is 2.32. The molecule has 8 heteroatoms. The van der Waals surface area contributed by atoms with E-state index in [-0.39, 0.29) is 24.4 Å². The van der Waals surface area contributed by atoms with Crippen LogP contribution in [0.4, 0.5) is 0 Å². The summed E-state index contributed by atoms with van der Waals surface area (Å²) in [6.07, 6.45) is 12.6. The largest absolute Gasteiger partial charge is 0.370 e. The number of ether oxygens (including phenoxy) is 2. The van der Waals surface area contributed by atoms with Gasteiger partial charge in [-0.05, 0) is 62.5 Å². The molecule has 4 aromatic rings. The normalized spacial score (nSPS) is 23.3. The second-order valence-corrected chi connectivity index (χ2v) is 10.6. The lowest BCUT2D eigenvalue weighted by Crippen LogP contribution is -2.29. The monoisotopic (exact) mass is 512 g/mol. The summed E-state index contributed by atoms with van der Waals surface area (Å²) in [7, 11) is 0. The van der Waals surface area contributed by atoms with E-state index in [1.807, 2.05) is 21.5 Å². The zero-order valence-electron chi connectivity index (χ0n) is 21.8. The minimum atomic E-state index is 0.156. The summed E-state index contributed by atoms with van der Waals surface area (Å²) in [6, 6.07) is 21.0. The van der Waals surface area contributed by atoms with Gasteiger partial charge in [0, 0.05) is 12.4 Å². The van der Waals surface area contributed by atoms with Crippen LogP contribution in [0.15, 0.2) is 73.1 Å². The Balaban J connectivity index is 0.925. The van der Waals surface area contributed by atoms with Gasteiger partial charge in [0.05, 0.1) is 48.9 Å². The Kier molecular flexibility index (Phi) is 7.88. The molecule has 0 amide bonds. The average Bonchev–Trinajstić information content (AvgIpc) is 3.77. The van der Waals surface area contributed by atoms with E-state index in [4.69, 9.17) is 9.47 Å². The highest BCUT2D eigenvalue weighted by molar-refractivity contribution is 5.16. The quantitative estimate of drug-likeness (QED) is 0.299. The molecule has 0 N–H and O–H groups in total. The Hall–Kier alpha value is -3.36. The number of nitrogens with zero attached hydrogens (tertiary/aromatic N) is 6. The molecule has 198 valence electrons. The molecule has 2 aliphatic rings. The lowest BCUT2D eigenvalue weighted by molar-refractivity contribution is -0.0714. The minimum absolute atomic E-state index is 0.156. The van der Waals surface area contributed by atoms with Crippen LogP contribution >= 0.6 is 0 Å². The van der Waals surface area contributed by atoms with Gasteiger partial charge in [-0.15, -0.1) is 10.2 Å². The molecule has 2 aromatic carbocycles. The molecule has 8 nitrogen and oxygen atoms in total. The molecular formula is C30H36N6O2. The maximum absolute atomic E-state index is 6.42. The molecule has 0 unspecified atom stereocenters. The van der Waals surface area contributed by atoms with E-state index in [0.29, 0.717) is 0 Å². The molecule has 0 saturated carbocycles. The van der Waals surface area contributed by atoms with Crippen LogP contribution in [0.25, 0.3) is 0 Å². The summed E-state index contributed by atoms with van der Waals surface area (Å²) < 4.78 is 16.7. The zero-order chi connectivity index (χ0) is 25.6. The van der Waals surface area contributed by atoms with Crippen molar-refractivity contribution < 1.29 is 9.47 Å². The molecule has 6 rings (SSSR count). The Bertz CT molecular complexity index is 1170. The van der Waals surface area contributed by atoms with E-state index < -0.39 is 0 Å². The van der Waals surface area contributed by atoms with Crippen LogP contribution in [0.5, 0.6) is 0 Å². The van der Waals surface area contributed by atoms with Crippen LogP contribution in [0.1, 0.15) is 48.2 Å². The van der Waals surface area contributed by atoms with Crippen molar-refractivity contribution >= 4 is 0 Å². The highest BCUT2D eigenvalue weighted by Gasteiger charge is 2.37. The average molecular weight is 513 g/mol. The third-order valence-corrected chi connectivity index (χ3v) is 7.67. The van der Waals surface area contributed by atoms with Crippen molar-refractivity contribution in [1.82, 2.24) is 30.0 Å². The van der Waals surface area contributed by atoms with Crippen LogP contribution in [0.2, 0.25) is 0 Å². The van der Waals surface area contributed by atoms with Crippen molar-refractivity contribution in [1.29, 1.82) is 0 Å². The van der Waals surface area contributed by atoms with Crippen LogP contribution in [-0.4, -0.2) is 54.4 Å². The minimum Gasteiger partial charge on any atom is -0.370 e. The first-order valence-corrected chi connectivity index (χ1v) is 13.9. The molecule has 0 aliphatic carbocycles. The van der Waals surface area contributed by atoms with E-state index >= 15 is 0 Å². The number of rotatable bonds is 11. The molecule has 0 spiro atoms. The smallest absolute Gasteiger partial charge is 0.0842 e. The van der Waals surface area contributed by atoms with E-state index in [9.17, 15) is 0 Å². The SMILES string of the molecule is c1ccc(CCc2cn(C[C@H]3CC[C@@H]([C@@H]4CC[C@H](Cn5cc(CCc6ccccc6)nn5)O4)O3)nn2)cc1. The lowest BCUT2D eigenvalue weighted by atomic mass is 10.1. The topological polar surface area (TPSA) is 79.9 Å². The van der Waals surface area contributed by atoms with Gasteiger partial charge in [0.25, 0.3) is 0 Å². The summed E-state index contributed by atoms with van der Waals surface area (Å²) in [5, 5.41) is 17.4. The van der Waals surface area contributed by atoms with Crippen molar-refractivity contribution in [3.63, 3.8) is 0 Å². The third kappa shape index (κ3) is 6.55. The summed E-state index contributed by atoms with van der Waals surface area (Å²) in [6.45, 7) is 1.49. The maximum Gasteiger partial charge on any atom is 0.0842 e. The summed E-state index contributed by atoms with van der Waals surface area (Å²) >= 11 is 0. The molecule has 2 fully saturated rings. The molecular weight excluding hydrogens is 476 g/mol. The summed E-state index contributed by atoms with van der Waals surface area (Å²) in [5.41, 5.74) is 4.71. The number of hydrogen-bond donors (Lipinski definition) is 0. The summed E-state index contributed by atoms with van der Waals surface area (Å²) in [4.78, 5) is 0. The second-order valence-electron chi connectivity index (χ2n) is 10.6. The third-order valence-electron chi connectivity index (χ3n) is 7.67. The fourth-order valence-electron chi connectivity index (χ4n) is 5.62. The van der Waals surface area contributed by atoms with Crippen molar-refractivity contribution in [3.8, 4) is 0 Å². The molecule has 38 heavy (non-hydrogen) atoms. The van der Waals surface area contributed by atoms with Gasteiger partial charge in [-0.25, -0.2) is 9.36 Å². The van der Waals surface area contributed by atoms with Crippen molar-refractivity contribution in [3.05, 3.63) is 95.6 Å². The number of hydrogen-bond acceptors (Lipinski definition) is 6. The van der Waals surface area contributed by atoms with Crippen LogP contribution in [0.3, 0.4) is 0 Å². The van der Waals surface area contributed by atoms with Gasteiger partial charge in [0.15, 0.2) is 0 Å². The zero-order valence-corrected chi connectivity index (χ0v) is 21.8. The fraction of sp³-hybridized carbons (Fsp3) is 0.467. The first-order chi connectivity index (χ1) is 18.8. The highest BCUT2D eigenvalue weighted by atomic mass is 16.6. The number of benzene rings is 2. The predicted molar refractivity (Wildman–Crippen MR) is 144 cm³/mol. The molecule has 4 heterocycles. The van der Waals surface area contributed by atoms with Gasteiger partial charge in [0.2, 0.25) is 0 Å². The fourth-order valence-corrected chi connectivity index (χ4v) is 5.62. The first kappa shape index (κ1) is 24.9. The van der Waals surface area contributed by atoms with E-state index in [0.717, 1.165) is 75.8 Å². The van der Waals surface area contributed by atoms with Crippen molar-refractivity contribution in [2.45, 2.75) is 88.9 Å². The Morgan fingerprint density at radius 2 is 1.03 bits per heavy atom. The van der Waals surface area contributed by atoms with Crippen molar-refractivity contribution in [2.24, 2.45) is 0 Å². The Morgan fingerprint density at radius 3 is 1.47 bits per heavy atom. The van der Waals surface area contributed by atoms with Crippen LogP contribution in [-0.2, 0) is 48.2 Å². The van der Waals surface area contributed by atoms with Crippen LogP contribution in [0, 0.1) is 0 Å². The lowest BCUT2D eigenvalue weighted by Gasteiger charge is -2.20. The number of aryl methyl sites for hydroxylation is 4. The van der Waals surface area contributed by atoms with Gasteiger partial charge < -0.3 is 9.47 Å². The Morgan fingerprint density at radius 1 is 0.579 bits per heavy atom. The molecule has 2 saturated heterocycles. The van der Waals surface area contributed by atoms with E-state index in [1.165, 1.54) is 11.1 Å². The molecule has 0 bridgehead atoms. The van der Waals surface area contributed by atoms with E-state index in [2.05, 4.69) is 81.5 Å². The second kappa shape index (κ2) is 12.0. The van der Waals surface area contributed by atoms with Gasteiger partial charge in [-0.3, -0.25) is 0 Å². The summed E-state index contributed by atoms with van der Waals surface area (Å²) in [5.74, 6) is 0. The van der Waals surface area contributed by atoms with Gasteiger partial charge >= 0.3 is 0 Å². The van der Waals surface area contributed by atoms with Gasteiger partial charge in [0.1, 0.15) is 0 Å². The molecule has 4 atom stereocenters.